The summed E-state index contributed by atoms with van der Waals surface area (Å²) in [7, 11) is 0. The SMILES string of the molecule is NC(=O)c1ccc2nc(Oc3cc(Cl)cc(-n4cccn4)c3)ccc2c1. The van der Waals surface area contributed by atoms with Crippen LogP contribution in [0.3, 0.4) is 0 Å². The number of rotatable bonds is 4. The number of pyridine rings is 1. The summed E-state index contributed by atoms with van der Waals surface area (Å²) in [6, 6.07) is 15.8. The van der Waals surface area contributed by atoms with E-state index in [0.717, 1.165) is 11.1 Å². The van der Waals surface area contributed by atoms with Gasteiger partial charge in [0.25, 0.3) is 0 Å². The molecule has 0 unspecified atom stereocenters. The lowest BCUT2D eigenvalue weighted by atomic mass is 10.1. The number of ether oxygens (including phenoxy) is 1. The highest BCUT2D eigenvalue weighted by Crippen LogP contribution is 2.28. The Balaban J connectivity index is 1.67. The zero-order valence-electron chi connectivity index (χ0n) is 13.5. The number of fused-ring (bicyclic) bond motifs is 1. The van der Waals surface area contributed by atoms with E-state index in [1.807, 2.05) is 24.4 Å². The number of carbonyl (C=O) groups is 1. The molecule has 0 atom stereocenters. The minimum Gasteiger partial charge on any atom is -0.439 e. The number of hydrogen-bond donors (Lipinski definition) is 1. The Bertz CT molecular complexity index is 1110. The summed E-state index contributed by atoms with van der Waals surface area (Å²) in [5, 5.41) is 5.52. The first kappa shape index (κ1) is 16.1. The van der Waals surface area contributed by atoms with E-state index in [9.17, 15) is 4.79 Å². The summed E-state index contributed by atoms with van der Waals surface area (Å²) in [6.07, 6.45) is 3.51. The van der Waals surface area contributed by atoms with Crippen LogP contribution in [0.1, 0.15) is 10.4 Å². The average Bonchev–Trinajstić information content (AvgIpc) is 3.15. The van der Waals surface area contributed by atoms with Gasteiger partial charge in [0.1, 0.15) is 5.75 Å². The third-order valence-electron chi connectivity index (χ3n) is 3.80. The predicted molar refractivity (Wildman–Crippen MR) is 98.9 cm³/mol. The first-order valence-corrected chi connectivity index (χ1v) is 8.15. The molecule has 0 aliphatic heterocycles. The molecular formula is C19H13ClN4O2. The topological polar surface area (TPSA) is 83.0 Å². The molecule has 0 fully saturated rings. The third kappa shape index (κ3) is 3.22. The maximum absolute atomic E-state index is 11.3. The monoisotopic (exact) mass is 364 g/mol. The highest BCUT2D eigenvalue weighted by Gasteiger charge is 2.07. The van der Waals surface area contributed by atoms with Gasteiger partial charge in [-0.2, -0.15) is 5.10 Å². The lowest BCUT2D eigenvalue weighted by Crippen LogP contribution is -2.10. The van der Waals surface area contributed by atoms with Crippen LogP contribution in [0.15, 0.2) is 67.0 Å². The number of carbonyl (C=O) groups excluding carboxylic acids is 1. The van der Waals surface area contributed by atoms with Gasteiger partial charge in [-0.25, -0.2) is 9.67 Å². The average molecular weight is 365 g/mol. The fourth-order valence-corrected chi connectivity index (χ4v) is 2.82. The minimum atomic E-state index is -0.475. The fourth-order valence-electron chi connectivity index (χ4n) is 2.60. The van der Waals surface area contributed by atoms with Crippen LogP contribution in [0, 0.1) is 0 Å². The van der Waals surface area contributed by atoms with Gasteiger partial charge in [-0.1, -0.05) is 11.6 Å². The molecule has 0 aliphatic carbocycles. The van der Waals surface area contributed by atoms with Gasteiger partial charge in [-0.05, 0) is 42.5 Å². The number of amides is 1. The summed E-state index contributed by atoms with van der Waals surface area (Å²) < 4.78 is 7.55. The largest absolute Gasteiger partial charge is 0.439 e. The third-order valence-corrected chi connectivity index (χ3v) is 4.01. The Morgan fingerprint density at radius 1 is 1.12 bits per heavy atom. The molecule has 4 rings (SSSR count). The van der Waals surface area contributed by atoms with Crippen LogP contribution in [-0.2, 0) is 0 Å². The normalized spacial score (nSPS) is 10.8. The Kier molecular flexibility index (Phi) is 4.02. The molecule has 0 spiro atoms. The van der Waals surface area contributed by atoms with Gasteiger partial charge in [0.05, 0.1) is 11.2 Å². The number of primary amides is 1. The Morgan fingerprint density at radius 3 is 2.77 bits per heavy atom. The molecular weight excluding hydrogens is 352 g/mol. The van der Waals surface area contributed by atoms with Crippen LogP contribution >= 0.6 is 11.6 Å². The number of hydrogen-bond acceptors (Lipinski definition) is 4. The quantitative estimate of drug-likeness (QED) is 0.594. The lowest BCUT2D eigenvalue weighted by molar-refractivity contribution is 0.100. The van der Waals surface area contributed by atoms with Crippen molar-refractivity contribution in [3.8, 4) is 17.3 Å². The molecule has 2 N–H and O–H groups in total. The molecule has 7 heteroatoms. The van der Waals surface area contributed by atoms with Crippen LogP contribution < -0.4 is 10.5 Å². The van der Waals surface area contributed by atoms with Crippen LogP contribution in [-0.4, -0.2) is 20.7 Å². The Morgan fingerprint density at radius 2 is 2.00 bits per heavy atom. The van der Waals surface area contributed by atoms with Gasteiger partial charge in [-0.3, -0.25) is 4.79 Å². The van der Waals surface area contributed by atoms with E-state index in [4.69, 9.17) is 22.1 Å². The molecule has 128 valence electrons. The first-order valence-electron chi connectivity index (χ1n) is 7.77. The second kappa shape index (κ2) is 6.50. The van der Waals surface area contributed by atoms with E-state index in [1.165, 1.54) is 0 Å². The summed E-state index contributed by atoms with van der Waals surface area (Å²) in [6.45, 7) is 0. The summed E-state index contributed by atoms with van der Waals surface area (Å²) in [5.74, 6) is 0.485. The van der Waals surface area contributed by atoms with Crippen molar-refractivity contribution >= 4 is 28.4 Å². The van der Waals surface area contributed by atoms with Crippen molar-refractivity contribution in [3.63, 3.8) is 0 Å². The highest BCUT2D eigenvalue weighted by molar-refractivity contribution is 6.30. The molecule has 6 nitrogen and oxygen atoms in total. The Labute approximate surface area is 153 Å². The molecule has 1 amide bonds. The van der Waals surface area contributed by atoms with Crippen molar-refractivity contribution in [1.29, 1.82) is 0 Å². The van der Waals surface area contributed by atoms with E-state index in [-0.39, 0.29) is 0 Å². The van der Waals surface area contributed by atoms with Crippen molar-refractivity contribution in [3.05, 3.63) is 77.6 Å². The van der Waals surface area contributed by atoms with E-state index in [2.05, 4.69) is 10.1 Å². The molecule has 0 aliphatic rings. The second-order valence-corrected chi connectivity index (χ2v) is 6.06. The molecule has 4 aromatic rings. The van der Waals surface area contributed by atoms with Crippen molar-refractivity contribution in [1.82, 2.24) is 14.8 Å². The highest BCUT2D eigenvalue weighted by atomic mass is 35.5. The molecule has 0 saturated carbocycles. The van der Waals surface area contributed by atoms with E-state index in [0.29, 0.717) is 27.7 Å². The van der Waals surface area contributed by atoms with Crippen molar-refractivity contribution in [2.75, 3.05) is 0 Å². The van der Waals surface area contributed by atoms with Gasteiger partial charge in [0.2, 0.25) is 11.8 Å². The van der Waals surface area contributed by atoms with Crippen molar-refractivity contribution < 1.29 is 9.53 Å². The lowest BCUT2D eigenvalue weighted by Gasteiger charge is -2.09. The van der Waals surface area contributed by atoms with E-state index in [1.54, 1.807) is 47.3 Å². The van der Waals surface area contributed by atoms with Crippen molar-refractivity contribution in [2.24, 2.45) is 5.73 Å². The predicted octanol–water partition coefficient (Wildman–Crippen LogP) is 3.97. The molecule has 26 heavy (non-hydrogen) atoms. The maximum Gasteiger partial charge on any atom is 0.248 e. The van der Waals surface area contributed by atoms with Gasteiger partial charge >= 0.3 is 0 Å². The molecule has 0 radical (unpaired) electrons. The number of benzene rings is 2. The summed E-state index contributed by atoms with van der Waals surface area (Å²) >= 11 is 6.19. The van der Waals surface area contributed by atoms with E-state index < -0.39 is 5.91 Å². The zero-order chi connectivity index (χ0) is 18.1. The Hall–Kier alpha value is -3.38. The fraction of sp³-hybridized carbons (Fsp3) is 0. The van der Waals surface area contributed by atoms with Crippen LogP contribution in [0.25, 0.3) is 16.6 Å². The zero-order valence-corrected chi connectivity index (χ0v) is 14.2. The molecule has 2 heterocycles. The molecule has 0 saturated heterocycles. The minimum absolute atomic E-state index is 0.415. The molecule has 0 bridgehead atoms. The van der Waals surface area contributed by atoms with Crippen LogP contribution in [0.2, 0.25) is 5.02 Å². The number of halogens is 1. The summed E-state index contributed by atoms with van der Waals surface area (Å²) in [4.78, 5) is 15.7. The van der Waals surface area contributed by atoms with Gasteiger partial charge in [0.15, 0.2) is 0 Å². The van der Waals surface area contributed by atoms with Crippen LogP contribution in [0.5, 0.6) is 11.6 Å². The van der Waals surface area contributed by atoms with E-state index >= 15 is 0 Å². The first-order chi connectivity index (χ1) is 12.6. The smallest absolute Gasteiger partial charge is 0.248 e. The van der Waals surface area contributed by atoms with Gasteiger partial charge < -0.3 is 10.5 Å². The standard InChI is InChI=1S/C19H13ClN4O2/c20-14-9-15(24-7-1-6-22-24)11-16(10-14)26-18-5-3-12-8-13(19(21)25)2-4-17(12)23-18/h1-11H,(H2,21,25). The van der Waals surface area contributed by atoms with Crippen LogP contribution in [0.4, 0.5) is 0 Å². The maximum atomic E-state index is 11.3. The second-order valence-electron chi connectivity index (χ2n) is 5.62. The van der Waals surface area contributed by atoms with Gasteiger partial charge in [-0.15, -0.1) is 0 Å². The molecule has 2 aromatic heterocycles. The number of nitrogens with two attached hydrogens (primary N) is 1. The summed E-state index contributed by atoms with van der Waals surface area (Å²) in [5.41, 5.74) is 7.22. The number of aromatic nitrogens is 3. The van der Waals surface area contributed by atoms with Gasteiger partial charge in [0, 0.05) is 40.5 Å². The van der Waals surface area contributed by atoms with Crippen molar-refractivity contribution in [2.45, 2.75) is 0 Å². The number of nitrogens with zero attached hydrogens (tertiary/aromatic N) is 3. The molecule has 2 aromatic carbocycles.